The van der Waals surface area contributed by atoms with E-state index in [9.17, 15) is 9.59 Å². The maximum Gasteiger partial charge on any atom is 0.328 e. The molecule has 2 rings (SSSR count). The second kappa shape index (κ2) is 11.3. The Morgan fingerprint density at radius 1 is 1.25 bits per heavy atom. The van der Waals surface area contributed by atoms with Gasteiger partial charge >= 0.3 is 17.9 Å². The van der Waals surface area contributed by atoms with Crippen molar-refractivity contribution in [2.75, 3.05) is 20.1 Å². The highest BCUT2D eigenvalue weighted by Crippen LogP contribution is 2.29. The van der Waals surface area contributed by atoms with E-state index in [0.29, 0.717) is 24.0 Å². The quantitative estimate of drug-likeness (QED) is 0.678. The third-order valence-electron chi connectivity index (χ3n) is 3.59. The first-order valence-electron chi connectivity index (χ1n) is 9.26. The Balaban J connectivity index is 0.000000416. The van der Waals surface area contributed by atoms with Crippen LogP contribution in [-0.4, -0.2) is 58.3 Å². The van der Waals surface area contributed by atoms with Gasteiger partial charge < -0.3 is 24.3 Å². The van der Waals surface area contributed by atoms with Crippen LogP contribution in [0.1, 0.15) is 45.7 Å². The maximum absolute atomic E-state index is 9.55. The van der Waals surface area contributed by atoms with Gasteiger partial charge in [-0.05, 0) is 39.7 Å². The number of nitrogens with zero attached hydrogens (tertiary/aromatic N) is 2. The lowest BCUT2D eigenvalue weighted by molar-refractivity contribution is -0.134. The van der Waals surface area contributed by atoms with Crippen molar-refractivity contribution in [2.45, 2.75) is 46.6 Å². The summed E-state index contributed by atoms with van der Waals surface area (Å²) < 4.78 is 11.7. The van der Waals surface area contributed by atoms with Crippen LogP contribution in [0, 0.1) is 5.92 Å². The Bertz CT molecular complexity index is 675. The molecule has 0 aliphatic carbocycles. The maximum atomic E-state index is 9.55. The van der Waals surface area contributed by atoms with Gasteiger partial charge in [-0.3, -0.25) is 0 Å². The van der Waals surface area contributed by atoms with E-state index < -0.39 is 11.9 Å². The summed E-state index contributed by atoms with van der Waals surface area (Å²) in [6, 6.07) is 0. The van der Waals surface area contributed by atoms with E-state index >= 15 is 0 Å². The fraction of sp³-hybridized carbons (Fsp3) is 0.550. The Labute approximate surface area is 165 Å². The summed E-state index contributed by atoms with van der Waals surface area (Å²) in [6.07, 6.45) is 5.38. The molecule has 0 unspecified atom stereocenters. The summed E-state index contributed by atoms with van der Waals surface area (Å²) >= 11 is 0. The number of hydrogen-bond donors (Lipinski definition) is 2. The molecule has 2 heterocycles. The molecule has 1 aliphatic rings. The van der Waals surface area contributed by atoms with Crippen LogP contribution in [0.25, 0.3) is 5.57 Å². The van der Waals surface area contributed by atoms with Crippen molar-refractivity contribution < 1.29 is 29.0 Å². The molecule has 0 amide bonds. The number of oxazole rings is 1. The molecule has 0 aromatic carbocycles. The summed E-state index contributed by atoms with van der Waals surface area (Å²) in [7, 11) is 2.12. The molecular formula is C20H30N2O6. The highest BCUT2D eigenvalue weighted by molar-refractivity contribution is 5.89. The van der Waals surface area contributed by atoms with Crippen LogP contribution < -0.4 is 4.74 Å². The minimum absolute atomic E-state index is 0.102. The first-order valence-corrected chi connectivity index (χ1v) is 9.26. The van der Waals surface area contributed by atoms with E-state index in [1.165, 1.54) is 5.57 Å². The zero-order valence-electron chi connectivity index (χ0n) is 17.1. The fourth-order valence-corrected chi connectivity index (χ4v) is 2.49. The monoisotopic (exact) mass is 394 g/mol. The molecule has 0 bridgehead atoms. The molecule has 0 atom stereocenters. The number of hydrogen-bond acceptors (Lipinski definition) is 6. The van der Waals surface area contributed by atoms with Gasteiger partial charge in [-0.1, -0.05) is 19.9 Å². The third-order valence-corrected chi connectivity index (χ3v) is 3.59. The smallest absolute Gasteiger partial charge is 0.328 e. The molecule has 1 aromatic heterocycles. The standard InChI is InChI=1S/C16H26N2O2.C4H4O4/c1-11(2)9-14-16(19-12(3)4)20-15(17-14)13-7-6-8-18(5)10-13;5-3(6)1-2-4(7)8/h7,11-12H,6,8-10H2,1-5H3;1-2H,(H,5,6)(H,7,8). The molecule has 0 fully saturated rings. The van der Waals surface area contributed by atoms with E-state index in [2.05, 4.69) is 36.9 Å². The summed E-state index contributed by atoms with van der Waals surface area (Å²) in [5.41, 5.74) is 2.11. The van der Waals surface area contributed by atoms with Gasteiger partial charge in [0.25, 0.3) is 0 Å². The number of carboxylic acid groups (broad SMARTS) is 2. The van der Waals surface area contributed by atoms with Crippen LogP contribution in [0.5, 0.6) is 5.95 Å². The Morgan fingerprint density at radius 2 is 1.86 bits per heavy atom. The van der Waals surface area contributed by atoms with Gasteiger partial charge in [-0.15, -0.1) is 0 Å². The van der Waals surface area contributed by atoms with Crippen molar-refractivity contribution in [1.82, 2.24) is 9.88 Å². The zero-order valence-corrected chi connectivity index (χ0v) is 17.1. The molecule has 2 N–H and O–H groups in total. The van der Waals surface area contributed by atoms with E-state index in [4.69, 9.17) is 19.4 Å². The molecule has 0 radical (unpaired) electrons. The van der Waals surface area contributed by atoms with Crippen LogP contribution >= 0.6 is 0 Å². The molecule has 0 saturated heterocycles. The van der Waals surface area contributed by atoms with E-state index in [0.717, 1.165) is 37.5 Å². The number of carbonyl (C=O) groups is 2. The van der Waals surface area contributed by atoms with Crippen LogP contribution in [-0.2, 0) is 16.0 Å². The van der Waals surface area contributed by atoms with E-state index in [1.54, 1.807) is 0 Å². The lowest BCUT2D eigenvalue weighted by atomic mass is 10.1. The molecule has 28 heavy (non-hydrogen) atoms. The highest BCUT2D eigenvalue weighted by Gasteiger charge is 2.21. The Hall–Kier alpha value is -2.61. The minimum Gasteiger partial charge on any atom is -0.478 e. The first kappa shape index (κ1) is 23.4. The summed E-state index contributed by atoms with van der Waals surface area (Å²) in [6.45, 7) is 10.4. The summed E-state index contributed by atoms with van der Waals surface area (Å²) in [5.74, 6) is -0.661. The normalized spacial score (nSPS) is 14.8. The summed E-state index contributed by atoms with van der Waals surface area (Å²) in [4.78, 5) is 26.1. The number of carboxylic acids is 2. The average Bonchev–Trinajstić information content (AvgIpc) is 2.95. The predicted octanol–water partition coefficient (Wildman–Crippen LogP) is 3.09. The van der Waals surface area contributed by atoms with Crippen molar-refractivity contribution in [3.05, 3.63) is 29.8 Å². The van der Waals surface area contributed by atoms with Gasteiger partial charge in [0.15, 0.2) is 0 Å². The fourth-order valence-electron chi connectivity index (χ4n) is 2.49. The van der Waals surface area contributed by atoms with Crippen molar-refractivity contribution >= 4 is 17.5 Å². The number of likely N-dealkylation sites (N-methyl/N-ethyl adjacent to an activating group) is 1. The van der Waals surface area contributed by atoms with Gasteiger partial charge in [0.1, 0.15) is 5.69 Å². The molecule has 1 aromatic rings. The summed E-state index contributed by atoms with van der Waals surface area (Å²) in [5, 5.41) is 15.6. The average molecular weight is 394 g/mol. The predicted molar refractivity (Wildman–Crippen MR) is 105 cm³/mol. The lowest BCUT2D eigenvalue weighted by Crippen LogP contribution is -2.25. The van der Waals surface area contributed by atoms with Crippen molar-refractivity contribution in [3.63, 3.8) is 0 Å². The second-order valence-corrected chi connectivity index (χ2v) is 7.28. The minimum atomic E-state index is -1.26. The van der Waals surface area contributed by atoms with E-state index in [-0.39, 0.29) is 6.10 Å². The zero-order chi connectivity index (χ0) is 21.3. The Kier molecular flexibility index (Phi) is 9.44. The highest BCUT2D eigenvalue weighted by atomic mass is 16.6. The SMILES string of the molecule is CC(C)Cc1nc(C2=CCCN(C)C2)oc1OC(C)C.O=C(O)C=CC(=O)O. The number of aliphatic carboxylic acids is 2. The van der Waals surface area contributed by atoms with Crippen LogP contribution in [0.3, 0.4) is 0 Å². The molecular weight excluding hydrogens is 364 g/mol. The van der Waals surface area contributed by atoms with Gasteiger partial charge in [0.05, 0.1) is 6.10 Å². The van der Waals surface area contributed by atoms with Crippen molar-refractivity contribution in [1.29, 1.82) is 0 Å². The van der Waals surface area contributed by atoms with E-state index in [1.807, 2.05) is 13.8 Å². The van der Waals surface area contributed by atoms with Crippen molar-refractivity contribution in [2.24, 2.45) is 5.92 Å². The molecule has 0 saturated carbocycles. The van der Waals surface area contributed by atoms with Gasteiger partial charge in [-0.2, -0.15) is 0 Å². The van der Waals surface area contributed by atoms with Crippen LogP contribution in [0.2, 0.25) is 0 Å². The van der Waals surface area contributed by atoms with Crippen molar-refractivity contribution in [3.8, 4) is 5.95 Å². The topological polar surface area (TPSA) is 113 Å². The van der Waals surface area contributed by atoms with Gasteiger partial charge in [0, 0.05) is 30.8 Å². The van der Waals surface area contributed by atoms with Crippen LogP contribution in [0.4, 0.5) is 0 Å². The molecule has 0 spiro atoms. The second-order valence-electron chi connectivity index (χ2n) is 7.28. The Morgan fingerprint density at radius 3 is 2.32 bits per heavy atom. The van der Waals surface area contributed by atoms with Gasteiger partial charge in [0.2, 0.25) is 5.89 Å². The molecule has 156 valence electrons. The molecule has 8 heteroatoms. The number of rotatable bonds is 7. The lowest BCUT2D eigenvalue weighted by Gasteiger charge is -2.20. The first-order chi connectivity index (χ1) is 13.1. The number of aromatic nitrogens is 1. The number of ether oxygens (including phenoxy) is 1. The molecule has 8 nitrogen and oxygen atoms in total. The van der Waals surface area contributed by atoms with Crippen LogP contribution in [0.15, 0.2) is 22.6 Å². The van der Waals surface area contributed by atoms with Gasteiger partial charge in [-0.25, -0.2) is 14.6 Å². The largest absolute Gasteiger partial charge is 0.478 e. The molecule has 1 aliphatic heterocycles. The third kappa shape index (κ3) is 8.85.